The molecule has 2 aromatic heterocycles. The Morgan fingerprint density at radius 3 is 2.57 bits per heavy atom. The molecule has 0 atom stereocenters. The van der Waals surface area contributed by atoms with Crippen molar-refractivity contribution in [3.05, 3.63) is 70.1 Å². The molecule has 2 heterocycles. The molecule has 0 aliphatic heterocycles. The molecular formula is C18H14ClF3N4O2. The van der Waals surface area contributed by atoms with Crippen LogP contribution in [0.15, 0.2) is 47.2 Å². The summed E-state index contributed by atoms with van der Waals surface area (Å²) in [6.07, 6.45) is -1.32. The quantitative estimate of drug-likeness (QED) is 0.624. The van der Waals surface area contributed by atoms with Gasteiger partial charge in [0, 0.05) is 24.6 Å². The molecule has 3 rings (SSSR count). The minimum atomic E-state index is -4.57. The van der Waals surface area contributed by atoms with Gasteiger partial charge in [-0.25, -0.2) is 0 Å². The molecule has 1 aromatic carbocycles. The van der Waals surface area contributed by atoms with Crippen LogP contribution in [0, 0.1) is 6.92 Å². The highest BCUT2D eigenvalue weighted by Crippen LogP contribution is 2.36. The first kappa shape index (κ1) is 19.7. The molecule has 10 heteroatoms. The molecule has 0 aliphatic carbocycles. The van der Waals surface area contributed by atoms with Gasteiger partial charge in [-0.3, -0.25) is 9.78 Å². The third-order valence-electron chi connectivity index (χ3n) is 3.82. The van der Waals surface area contributed by atoms with Crippen molar-refractivity contribution in [2.75, 3.05) is 10.6 Å². The summed E-state index contributed by atoms with van der Waals surface area (Å²) in [5, 5.41) is 8.73. The second-order valence-electron chi connectivity index (χ2n) is 5.83. The van der Waals surface area contributed by atoms with Crippen LogP contribution in [0.3, 0.4) is 0 Å². The van der Waals surface area contributed by atoms with Crippen LogP contribution >= 0.6 is 11.6 Å². The van der Waals surface area contributed by atoms with Gasteiger partial charge in [-0.1, -0.05) is 16.8 Å². The molecule has 1 amide bonds. The van der Waals surface area contributed by atoms with Gasteiger partial charge in [0.2, 0.25) is 5.88 Å². The number of halogens is 4. The summed E-state index contributed by atoms with van der Waals surface area (Å²) < 4.78 is 43.5. The van der Waals surface area contributed by atoms with E-state index in [2.05, 4.69) is 20.8 Å². The zero-order valence-corrected chi connectivity index (χ0v) is 15.2. The Kier molecular flexibility index (Phi) is 5.55. The molecule has 2 N–H and O–H groups in total. The highest BCUT2D eigenvalue weighted by molar-refractivity contribution is 6.31. The Labute approximate surface area is 162 Å². The Balaban J connectivity index is 1.76. The lowest BCUT2D eigenvalue weighted by atomic mass is 10.1. The fourth-order valence-corrected chi connectivity index (χ4v) is 2.74. The number of carbonyl (C=O) groups is 1. The first-order valence-electron chi connectivity index (χ1n) is 8.03. The fraction of sp³-hybridized carbons (Fsp3) is 0.167. The molecule has 0 saturated heterocycles. The topological polar surface area (TPSA) is 80.1 Å². The van der Waals surface area contributed by atoms with E-state index in [4.69, 9.17) is 16.1 Å². The van der Waals surface area contributed by atoms with Crippen LogP contribution in [0.4, 0.5) is 24.7 Å². The lowest BCUT2D eigenvalue weighted by Crippen LogP contribution is -2.15. The molecule has 0 bridgehead atoms. The van der Waals surface area contributed by atoms with Crippen molar-refractivity contribution in [3.8, 4) is 0 Å². The van der Waals surface area contributed by atoms with Gasteiger partial charge < -0.3 is 15.2 Å². The van der Waals surface area contributed by atoms with Gasteiger partial charge in [0.05, 0.1) is 16.3 Å². The highest BCUT2D eigenvalue weighted by Gasteiger charge is 2.33. The number of hydrogen-bond acceptors (Lipinski definition) is 5. The van der Waals surface area contributed by atoms with Gasteiger partial charge in [0.15, 0.2) is 0 Å². The van der Waals surface area contributed by atoms with Crippen LogP contribution < -0.4 is 10.6 Å². The standard InChI is InChI=1S/C18H14ClF3N4O2/c1-10-15(17(28-26-10)24-9-11-4-6-23-7-5-11)16(27)25-12-2-3-13(14(19)8-12)18(20,21)22/h2-8,24H,9H2,1H3,(H,25,27). The van der Waals surface area contributed by atoms with Crippen LogP contribution in [0.1, 0.15) is 27.2 Å². The Bertz CT molecular complexity index is 990. The maximum absolute atomic E-state index is 12.8. The van der Waals surface area contributed by atoms with Crippen LogP contribution in [-0.2, 0) is 12.7 Å². The zero-order valence-electron chi connectivity index (χ0n) is 14.5. The van der Waals surface area contributed by atoms with Crippen molar-refractivity contribution in [2.24, 2.45) is 0 Å². The maximum Gasteiger partial charge on any atom is 0.417 e. The molecule has 146 valence electrons. The molecule has 28 heavy (non-hydrogen) atoms. The summed E-state index contributed by atoms with van der Waals surface area (Å²) >= 11 is 5.68. The van der Waals surface area contributed by atoms with E-state index in [0.717, 1.165) is 23.8 Å². The number of alkyl halides is 3. The molecular weight excluding hydrogens is 397 g/mol. The zero-order chi connectivity index (χ0) is 20.3. The Morgan fingerprint density at radius 1 is 1.21 bits per heavy atom. The number of anilines is 2. The SMILES string of the molecule is Cc1noc(NCc2ccncc2)c1C(=O)Nc1ccc(C(F)(F)F)c(Cl)c1. The largest absolute Gasteiger partial charge is 0.417 e. The lowest BCUT2D eigenvalue weighted by Gasteiger charge is -2.11. The summed E-state index contributed by atoms with van der Waals surface area (Å²) in [5.41, 5.74) is 0.513. The molecule has 0 radical (unpaired) electrons. The minimum absolute atomic E-state index is 0.115. The molecule has 0 saturated carbocycles. The fourth-order valence-electron chi connectivity index (χ4n) is 2.46. The number of pyridine rings is 1. The average Bonchev–Trinajstić information content (AvgIpc) is 3.00. The Hall–Kier alpha value is -3.07. The smallest absolute Gasteiger partial charge is 0.349 e. The number of aromatic nitrogens is 2. The van der Waals surface area contributed by atoms with E-state index in [0.29, 0.717) is 12.2 Å². The summed E-state index contributed by atoms with van der Waals surface area (Å²) in [4.78, 5) is 16.5. The average molecular weight is 411 g/mol. The van der Waals surface area contributed by atoms with Crippen molar-refractivity contribution < 1.29 is 22.5 Å². The van der Waals surface area contributed by atoms with Crippen LogP contribution in [0.5, 0.6) is 0 Å². The molecule has 6 nitrogen and oxygen atoms in total. The number of nitrogens with one attached hydrogen (secondary N) is 2. The molecule has 0 aliphatic rings. The maximum atomic E-state index is 12.8. The summed E-state index contributed by atoms with van der Waals surface area (Å²) in [5.74, 6) is -0.448. The van der Waals surface area contributed by atoms with Crippen molar-refractivity contribution in [3.63, 3.8) is 0 Å². The predicted octanol–water partition coefficient (Wildman–Crippen LogP) is 4.91. The van der Waals surface area contributed by atoms with Crippen molar-refractivity contribution in [1.29, 1.82) is 0 Å². The monoisotopic (exact) mass is 410 g/mol. The lowest BCUT2D eigenvalue weighted by molar-refractivity contribution is -0.137. The third-order valence-corrected chi connectivity index (χ3v) is 4.14. The number of hydrogen-bond donors (Lipinski definition) is 2. The third kappa shape index (κ3) is 4.42. The van der Waals surface area contributed by atoms with E-state index in [1.807, 2.05) is 0 Å². The number of amides is 1. The number of carbonyl (C=O) groups excluding carboxylic acids is 1. The van der Waals surface area contributed by atoms with E-state index < -0.39 is 22.7 Å². The van der Waals surface area contributed by atoms with E-state index >= 15 is 0 Å². The molecule has 0 spiro atoms. The second kappa shape index (κ2) is 7.89. The van der Waals surface area contributed by atoms with Gasteiger partial charge in [0.25, 0.3) is 5.91 Å². The summed E-state index contributed by atoms with van der Waals surface area (Å²) in [7, 11) is 0. The van der Waals surface area contributed by atoms with Crippen molar-refractivity contribution >= 4 is 29.1 Å². The normalized spacial score (nSPS) is 11.3. The van der Waals surface area contributed by atoms with Crippen molar-refractivity contribution in [2.45, 2.75) is 19.6 Å². The van der Waals surface area contributed by atoms with E-state index in [1.165, 1.54) is 0 Å². The summed E-state index contributed by atoms with van der Waals surface area (Å²) in [6, 6.07) is 6.55. The van der Waals surface area contributed by atoms with E-state index in [9.17, 15) is 18.0 Å². The van der Waals surface area contributed by atoms with Gasteiger partial charge in [-0.15, -0.1) is 0 Å². The number of nitrogens with zero attached hydrogens (tertiary/aromatic N) is 2. The molecule has 0 unspecified atom stereocenters. The van der Waals surface area contributed by atoms with E-state index in [-0.39, 0.29) is 17.1 Å². The first-order valence-corrected chi connectivity index (χ1v) is 8.40. The molecule has 3 aromatic rings. The summed E-state index contributed by atoms with van der Waals surface area (Å²) in [6.45, 7) is 1.94. The van der Waals surface area contributed by atoms with Gasteiger partial charge in [-0.05, 0) is 42.8 Å². The van der Waals surface area contributed by atoms with Gasteiger partial charge in [-0.2, -0.15) is 13.2 Å². The van der Waals surface area contributed by atoms with Crippen LogP contribution in [0.25, 0.3) is 0 Å². The predicted molar refractivity (Wildman–Crippen MR) is 97.2 cm³/mol. The number of aryl methyl sites for hydroxylation is 1. The highest BCUT2D eigenvalue weighted by atomic mass is 35.5. The van der Waals surface area contributed by atoms with Crippen LogP contribution in [0.2, 0.25) is 5.02 Å². The minimum Gasteiger partial charge on any atom is -0.349 e. The van der Waals surface area contributed by atoms with Crippen molar-refractivity contribution in [1.82, 2.24) is 10.1 Å². The molecule has 0 fully saturated rings. The number of rotatable bonds is 5. The number of benzene rings is 1. The first-order chi connectivity index (χ1) is 13.3. The van der Waals surface area contributed by atoms with Gasteiger partial charge in [0.1, 0.15) is 5.56 Å². The second-order valence-corrected chi connectivity index (χ2v) is 6.23. The van der Waals surface area contributed by atoms with Gasteiger partial charge >= 0.3 is 6.18 Å². The Morgan fingerprint density at radius 2 is 1.93 bits per heavy atom. The van der Waals surface area contributed by atoms with Crippen LogP contribution in [-0.4, -0.2) is 16.0 Å². The van der Waals surface area contributed by atoms with E-state index in [1.54, 1.807) is 31.5 Å².